The van der Waals surface area contributed by atoms with E-state index in [4.69, 9.17) is 21.9 Å². The normalized spacial score (nSPS) is 21.6. The summed E-state index contributed by atoms with van der Waals surface area (Å²) in [6.07, 6.45) is 3.50. The number of urea groups is 1. The van der Waals surface area contributed by atoms with Gasteiger partial charge in [-0.15, -0.1) is 0 Å². The lowest BCUT2D eigenvalue weighted by atomic mass is 9.77. The van der Waals surface area contributed by atoms with Gasteiger partial charge in [-0.25, -0.2) is 9.69 Å². The van der Waals surface area contributed by atoms with Crippen LogP contribution in [0.15, 0.2) is 28.8 Å². The molecule has 0 bridgehead atoms. The summed E-state index contributed by atoms with van der Waals surface area (Å²) >= 11 is 5.85. The Balaban J connectivity index is 1.41. The number of rotatable bonds is 5. The fourth-order valence-corrected chi connectivity index (χ4v) is 3.30. The summed E-state index contributed by atoms with van der Waals surface area (Å²) in [5.41, 5.74) is 6.18. The number of aryl methyl sites for hydroxylation is 1. The summed E-state index contributed by atoms with van der Waals surface area (Å²) in [5, 5.41) is 7.18. The van der Waals surface area contributed by atoms with Gasteiger partial charge in [0.2, 0.25) is 5.89 Å². The lowest BCUT2D eigenvalue weighted by Crippen LogP contribution is -2.44. The zero-order chi connectivity index (χ0) is 18.3. The standard InChI is InChI=1S/C17H18ClN5O3/c18-10-2-4-11(5-3-10)23-14(24)12(20-16(23)25)6-7-13-21-15(22-26-13)17(19)8-1-9-17/h2-5,12H,1,6-9,19H2,(H,20,25). The molecule has 136 valence electrons. The van der Waals surface area contributed by atoms with E-state index in [0.29, 0.717) is 35.3 Å². The molecule has 1 aliphatic carbocycles. The van der Waals surface area contributed by atoms with Crippen molar-refractivity contribution >= 4 is 29.2 Å². The minimum Gasteiger partial charge on any atom is -0.339 e. The number of halogens is 1. The Kier molecular flexibility index (Phi) is 4.16. The van der Waals surface area contributed by atoms with E-state index in [0.717, 1.165) is 24.2 Å². The third kappa shape index (κ3) is 2.95. The van der Waals surface area contributed by atoms with Gasteiger partial charge in [-0.2, -0.15) is 4.98 Å². The number of hydrogen-bond donors (Lipinski definition) is 2. The minimum atomic E-state index is -0.635. The number of benzene rings is 1. The van der Waals surface area contributed by atoms with Crippen LogP contribution in [0.5, 0.6) is 0 Å². The summed E-state index contributed by atoms with van der Waals surface area (Å²) in [5.74, 6) is 0.624. The number of carbonyl (C=O) groups excluding carboxylic acids is 2. The minimum absolute atomic E-state index is 0.314. The molecule has 1 saturated heterocycles. The highest BCUT2D eigenvalue weighted by molar-refractivity contribution is 6.30. The first-order valence-electron chi connectivity index (χ1n) is 8.48. The van der Waals surface area contributed by atoms with Gasteiger partial charge in [0.15, 0.2) is 5.82 Å². The van der Waals surface area contributed by atoms with Crippen molar-refractivity contribution in [1.82, 2.24) is 15.5 Å². The van der Waals surface area contributed by atoms with Gasteiger partial charge >= 0.3 is 6.03 Å². The van der Waals surface area contributed by atoms with E-state index in [1.807, 2.05) is 0 Å². The Hall–Kier alpha value is -2.45. The van der Waals surface area contributed by atoms with Crippen LogP contribution in [0.2, 0.25) is 5.02 Å². The number of imide groups is 1. The predicted molar refractivity (Wildman–Crippen MR) is 93.6 cm³/mol. The molecule has 1 saturated carbocycles. The number of anilines is 1. The molecule has 2 fully saturated rings. The molecule has 0 spiro atoms. The molecule has 1 atom stereocenters. The van der Waals surface area contributed by atoms with Gasteiger partial charge in [0, 0.05) is 11.4 Å². The third-order valence-corrected chi connectivity index (χ3v) is 5.16. The molecule has 8 nitrogen and oxygen atoms in total. The molecule has 9 heteroatoms. The maximum atomic E-state index is 12.6. The Morgan fingerprint density at radius 3 is 2.69 bits per heavy atom. The Morgan fingerprint density at radius 1 is 1.31 bits per heavy atom. The van der Waals surface area contributed by atoms with Crippen LogP contribution in [-0.2, 0) is 16.8 Å². The summed E-state index contributed by atoms with van der Waals surface area (Å²) in [6, 6.07) is 5.44. The maximum Gasteiger partial charge on any atom is 0.329 e. The van der Waals surface area contributed by atoms with Crippen LogP contribution in [0, 0.1) is 0 Å². The molecular weight excluding hydrogens is 358 g/mol. The second-order valence-electron chi connectivity index (χ2n) is 6.71. The van der Waals surface area contributed by atoms with Gasteiger partial charge in [0.25, 0.3) is 5.91 Å². The van der Waals surface area contributed by atoms with E-state index in [1.54, 1.807) is 24.3 Å². The molecule has 3 N–H and O–H groups in total. The van der Waals surface area contributed by atoms with Crippen LogP contribution in [-0.4, -0.2) is 28.1 Å². The number of hydrogen-bond acceptors (Lipinski definition) is 6. The third-order valence-electron chi connectivity index (χ3n) is 4.91. The average Bonchev–Trinajstić information content (AvgIpc) is 3.17. The smallest absolute Gasteiger partial charge is 0.329 e. The highest BCUT2D eigenvalue weighted by atomic mass is 35.5. The zero-order valence-electron chi connectivity index (χ0n) is 13.9. The molecule has 0 radical (unpaired) electrons. The molecule has 2 aromatic rings. The van der Waals surface area contributed by atoms with E-state index >= 15 is 0 Å². The van der Waals surface area contributed by atoms with Gasteiger partial charge in [-0.05, 0) is 49.9 Å². The zero-order valence-corrected chi connectivity index (χ0v) is 14.7. The number of nitrogens with two attached hydrogens (primary N) is 1. The van der Waals surface area contributed by atoms with Crippen LogP contribution >= 0.6 is 11.6 Å². The second kappa shape index (κ2) is 6.37. The average molecular weight is 376 g/mol. The molecule has 2 heterocycles. The van der Waals surface area contributed by atoms with E-state index < -0.39 is 17.6 Å². The van der Waals surface area contributed by atoms with Crippen molar-refractivity contribution in [2.45, 2.75) is 43.7 Å². The molecule has 1 unspecified atom stereocenters. The van der Waals surface area contributed by atoms with Crippen molar-refractivity contribution in [2.24, 2.45) is 5.73 Å². The number of aromatic nitrogens is 2. The second-order valence-corrected chi connectivity index (χ2v) is 7.15. The number of nitrogens with zero attached hydrogens (tertiary/aromatic N) is 3. The van der Waals surface area contributed by atoms with Gasteiger partial charge < -0.3 is 15.6 Å². The topological polar surface area (TPSA) is 114 Å². The molecule has 2 aliphatic rings. The molecule has 1 aromatic carbocycles. The molecule has 3 amide bonds. The lowest BCUT2D eigenvalue weighted by molar-refractivity contribution is -0.118. The van der Waals surface area contributed by atoms with E-state index in [2.05, 4.69) is 15.5 Å². The summed E-state index contributed by atoms with van der Waals surface area (Å²) in [4.78, 5) is 30.2. The van der Waals surface area contributed by atoms with Crippen molar-refractivity contribution in [3.05, 3.63) is 41.0 Å². The van der Waals surface area contributed by atoms with Gasteiger partial charge in [-0.1, -0.05) is 16.8 Å². The first kappa shape index (κ1) is 17.0. The van der Waals surface area contributed by atoms with Crippen LogP contribution < -0.4 is 16.0 Å². The summed E-state index contributed by atoms with van der Waals surface area (Å²) in [6.45, 7) is 0. The quantitative estimate of drug-likeness (QED) is 0.773. The Morgan fingerprint density at radius 2 is 2.04 bits per heavy atom. The van der Waals surface area contributed by atoms with Crippen molar-refractivity contribution < 1.29 is 14.1 Å². The highest BCUT2D eigenvalue weighted by Crippen LogP contribution is 2.37. The molecule has 26 heavy (non-hydrogen) atoms. The number of nitrogens with one attached hydrogen (secondary N) is 1. The molecule has 1 aromatic heterocycles. The van der Waals surface area contributed by atoms with E-state index in [1.165, 1.54) is 0 Å². The van der Waals surface area contributed by atoms with Crippen molar-refractivity contribution in [3.8, 4) is 0 Å². The molecule has 4 rings (SSSR count). The van der Waals surface area contributed by atoms with Gasteiger partial charge in [-0.3, -0.25) is 4.79 Å². The van der Waals surface area contributed by atoms with Crippen molar-refractivity contribution in [3.63, 3.8) is 0 Å². The number of amides is 3. The van der Waals surface area contributed by atoms with Crippen LogP contribution in [0.25, 0.3) is 0 Å². The Labute approximate surface area is 154 Å². The fraction of sp³-hybridized carbons (Fsp3) is 0.412. The molecule has 1 aliphatic heterocycles. The van der Waals surface area contributed by atoms with Crippen molar-refractivity contribution in [2.75, 3.05) is 4.90 Å². The summed E-state index contributed by atoms with van der Waals surface area (Å²) in [7, 11) is 0. The maximum absolute atomic E-state index is 12.6. The number of carbonyl (C=O) groups is 2. The van der Waals surface area contributed by atoms with Gasteiger partial charge in [0.05, 0.1) is 11.2 Å². The first-order chi connectivity index (χ1) is 12.5. The van der Waals surface area contributed by atoms with Crippen LogP contribution in [0.1, 0.15) is 37.4 Å². The SMILES string of the molecule is NC1(c2noc(CCC3NC(=O)N(c4ccc(Cl)cc4)C3=O)n2)CCC1. The lowest BCUT2D eigenvalue weighted by Gasteiger charge is -2.34. The fourth-order valence-electron chi connectivity index (χ4n) is 3.17. The Bertz CT molecular complexity index is 846. The van der Waals surface area contributed by atoms with Crippen molar-refractivity contribution in [1.29, 1.82) is 0 Å². The highest BCUT2D eigenvalue weighted by Gasteiger charge is 2.40. The summed E-state index contributed by atoms with van der Waals surface area (Å²) < 4.78 is 5.24. The van der Waals surface area contributed by atoms with E-state index in [9.17, 15) is 9.59 Å². The van der Waals surface area contributed by atoms with Crippen LogP contribution in [0.3, 0.4) is 0 Å². The first-order valence-corrected chi connectivity index (χ1v) is 8.86. The van der Waals surface area contributed by atoms with Gasteiger partial charge in [0.1, 0.15) is 6.04 Å². The van der Waals surface area contributed by atoms with Crippen LogP contribution in [0.4, 0.5) is 10.5 Å². The largest absolute Gasteiger partial charge is 0.339 e. The monoisotopic (exact) mass is 375 g/mol. The predicted octanol–water partition coefficient (Wildman–Crippen LogP) is 2.12. The van der Waals surface area contributed by atoms with E-state index in [-0.39, 0.29) is 5.91 Å². The molecular formula is C17H18ClN5O3.